The van der Waals surface area contributed by atoms with Crippen LogP contribution in [0.25, 0.3) is 0 Å². The Morgan fingerprint density at radius 2 is 2.10 bits per heavy atom. The fourth-order valence-corrected chi connectivity index (χ4v) is 2.74. The average Bonchev–Trinajstić information content (AvgIpc) is 2.33. The highest BCUT2D eigenvalue weighted by Crippen LogP contribution is 2.21. The summed E-state index contributed by atoms with van der Waals surface area (Å²) in [6.07, 6.45) is 1.81. The van der Waals surface area contributed by atoms with Crippen LogP contribution in [0.3, 0.4) is 0 Å². The molecule has 2 unspecified atom stereocenters. The van der Waals surface area contributed by atoms with Crippen molar-refractivity contribution in [3.63, 3.8) is 0 Å². The van der Waals surface area contributed by atoms with Gasteiger partial charge in [-0.25, -0.2) is 0 Å². The third-order valence-electron chi connectivity index (χ3n) is 3.57. The lowest BCUT2D eigenvalue weighted by atomic mass is 9.90. The number of nitrogens with zero attached hydrogens (tertiary/aromatic N) is 1. The van der Waals surface area contributed by atoms with E-state index in [1.54, 1.807) is 0 Å². The van der Waals surface area contributed by atoms with Crippen molar-refractivity contribution < 1.29 is 14.7 Å². The summed E-state index contributed by atoms with van der Waals surface area (Å²) in [7, 11) is 0. The summed E-state index contributed by atoms with van der Waals surface area (Å²) in [4.78, 5) is 23.8. The number of primary amides is 1. The molecule has 6 nitrogen and oxygen atoms in total. The zero-order valence-corrected chi connectivity index (χ0v) is 12.5. The maximum Gasteiger partial charge on any atom is 0.303 e. The molecule has 1 aliphatic heterocycles. The number of carboxylic acid groups (broad SMARTS) is 1. The predicted molar refractivity (Wildman–Crippen MR) is 77.2 cm³/mol. The van der Waals surface area contributed by atoms with Crippen LogP contribution in [0.1, 0.15) is 33.1 Å². The first-order valence-corrected chi connectivity index (χ1v) is 7.32. The lowest BCUT2D eigenvalue weighted by Crippen LogP contribution is -2.51. The number of likely N-dealkylation sites (tertiary alicyclic amines) is 1. The number of amides is 1. The number of carboxylic acids is 1. The Morgan fingerprint density at radius 1 is 1.40 bits per heavy atom. The monoisotopic (exact) mass is 285 g/mol. The van der Waals surface area contributed by atoms with Crippen molar-refractivity contribution in [1.29, 1.82) is 0 Å². The Balaban J connectivity index is 2.52. The fraction of sp³-hybridized carbons (Fsp3) is 0.857. The second-order valence-corrected chi connectivity index (χ2v) is 6.19. The highest BCUT2D eigenvalue weighted by Gasteiger charge is 2.27. The molecule has 0 radical (unpaired) electrons. The van der Waals surface area contributed by atoms with E-state index in [-0.39, 0.29) is 18.9 Å². The molecule has 0 aliphatic carbocycles. The first-order chi connectivity index (χ1) is 9.36. The molecule has 0 saturated carbocycles. The number of hydrogen-bond donors (Lipinski definition) is 3. The van der Waals surface area contributed by atoms with Crippen molar-refractivity contribution in [3.05, 3.63) is 0 Å². The molecule has 0 aromatic heterocycles. The van der Waals surface area contributed by atoms with Gasteiger partial charge < -0.3 is 16.2 Å². The lowest BCUT2D eigenvalue weighted by molar-refractivity contribution is -0.137. The van der Waals surface area contributed by atoms with Crippen LogP contribution in [0.15, 0.2) is 0 Å². The summed E-state index contributed by atoms with van der Waals surface area (Å²) in [5.74, 6) is -0.210. The Kier molecular flexibility index (Phi) is 6.95. The largest absolute Gasteiger partial charge is 0.481 e. The Morgan fingerprint density at radius 3 is 2.65 bits per heavy atom. The van der Waals surface area contributed by atoms with E-state index in [0.29, 0.717) is 24.3 Å². The van der Waals surface area contributed by atoms with E-state index in [2.05, 4.69) is 19.2 Å². The number of nitrogens with one attached hydrogen (secondary N) is 1. The van der Waals surface area contributed by atoms with Gasteiger partial charge in [0.05, 0.1) is 6.54 Å². The zero-order valence-electron chi connectivity index (χ0n) is 12.5. The van der Waals surface area contributed by atoms with Crippen molar-refractivity contribution in [2.45, 2.75) is 39.2 Å². The highest BCUT2D eigenvalue weighted by atomic mass is 16.4. The minimum absolute atomic E-state index is 0.186. The van der Waals surface area contributed by atoms with E-state index in [4.69, 9.17) is 10.8 Å². The van der Waals surface area contributed by atoms with Gasteiger partial charge in [0.25, 0.3) is 0 Å². The minimum Gasteiger partial charge on any atom is -0.481 e. The first kappa shape index (κ1) is 16.9. The number of nitrogens with two attached hydrogens (primary N) is 1. The molecule has 6 heteroatoms. The van der Waals surface area contributed by atoms with Crippen LogP contribution in [-0.2, 0) is 9.59 Å². The van der Waals surface area contributed by atoms with Gasteiger partial charge >= 0.3 is 5.97 Å². The fourth-order valence-electron chi connectivity index (χ4n) is 2.74. The smallest absolute Gasteiger partial charge is 0.303 e. The van der Waals surface area contributed by atoms with Crippen molar-refractivity contribution in [2.75, 3.05) is 26.2 Å². The molecule has 0 spiro atoms. The molecule has 1 rings (SSSR count). The van der Waals surface area contributed by atoms with Gasteiger partial charge in [0.1, 0.15) is 0 Å². The van der Waals surface area contributed by atoms with Crippen molar-refractivity contribution >= 4 is 11.9 Å². The zero-order chi connectivity index (χ0) is 15.1. The van der Waals surface area contributed by atoms with Gasteiger partial charge in [-0.2, -0.15) is 0 Å². The number of rotatable bonds is 8. The number of carbonyl (C=O) groups excluding carboxylic acids is 1. The molecule has 0 bridgehead atoms. The summed E-state index contributed by atoms with van der Waals surface area (Å²) in [6.45, 7) is 7.05. The summed E-state index contributed by atoms with van der Waals surface area (Å²) in [5, 5.41) is 12.3. The van der Waals surface area contributed by atoms with Gasteiger partial charge in [-0.3, -0.25) is 14.5 Å². The van der Waals surface area contributed by atoms with Crippen molar-refractivity contribution in [3.8, 4) is 0 Å². The molecular weight excluding hydrogens is 258 g/mol. The van der Waals surface area contributed by atoms with Crippen molar-refractivity contribution in [2.24, 2.45) is 17.6 Å². The summed E-state index contributed by atoms with van der Waals surface area (Å²) in [5.41, 5.74) is 5.26. The minimum atomic E-state index is -0.760. The molecule has 2 atom stereocenters. The first-order valence-electron chi connectivity index (χ1n) is 7.32. The standard InChI is InChI=1S/C14H27N3O3/c1-10(2)6-16-12-5-11(3-4-14(19)20)7-17(8-12)9-13(15)18/h10-12,16H,3-9H2,1-2H3,(H2,15,18)(H,19,20). The number of piperidine rings is 1. The second-order valence-electron chi connectivity index (χ2n) is 6.19. The van der Waals surface area contributed by atoms with Gasteiger partial charge in [0.2, 0.25) is 5.91 Å². The molecule has 20 heavy (non-hydrogen) atoms. The summed E-state index contributed by atoms with van der Waals surface area (Å²) >= 11 is 0. The second kappa shape index (κ2) is 8.21. The molecule has 1 heterocycles. The third kappa shape index (κ3) is 6.86. The summed E-state index contributed by atoms with van der Waals surface area (Å²) in [6, 6.07) is 0.310. The number of aliphatic carboxylic acids is 1. The van der Waals surface area contributed by atoms with Gasteiger partial charge in [-0.05, 0) is 31.2 Å². The van der Waals surface area contributed by atoms with E-state index in [1.165, 1.54) is 0 Å². The maximum atomic E-state index is 11.1. The van der Waals surface area contributed by atoms with Crippen LogP contribution in [0, 0.1) is 11.8 Å². The summed E-state index contributed by atoms with van der Waals surface area (Å²) < 4.78 is 0. The molecule has 116 valence electrons. The van der Waals surface area contributed by atoms with Crippen LogP contribution >= 0.6 is 0 Å². The number of carbonyl (C=O) groups is 2. The molecule has 1 saturated heterocycles. The molecule has 4 N–H and O–H groups in total. The SMILES string of the molecule is CC(C)CNC1CC(CCC(=O)O)CN(CC(N)=O)C1. The Hall–Kier alpha value is -1.14. The quantitative estimate of drug-likeness (QED) is 0.595. The van der Waals surface area contributed by atoms with Crippen LogP contribution in [0.2, 0.25) is 0 Å². The Bertz CT molecular complexity index is 334. The van der Waals surface area contributed by atoms with E-state index < -0.39 is 5.97 Å². The highest BCUT2D eigenvalue weighted by molar-refractivity contribution is 5.75. The molecule has 1 amide bonds. The molecule has 0 aromatic rings. The van der Waals surface area contributed by atoms with E-state index in [1.807, 2.05) is 4.90 Å². The van der Waals surface area contributed by atoms with Crippen LogP contribution in [0.4, 0.5) is 0 Å². The lowest BCUT2D eigenvalue weighted by Gasteiger charge is -2.38. The molecule has 1 aliphatic rings. The molecular formula is C14H27N3O3. The topological polar surface area (TPSA) is 95.7 Å². The van der Waals surface area contributed by atoms with E-state index in [0.717, 1.165) is 26.1 Å². The van der Waals surface area contributed by atoms with Gasteiger partial charge in [0, 0.05) is 25.6 Å². The van der Waals surface area contributed by atoms with E-state index >= 15 is 0 Å². The average molecular weight is 285 g/mol. The van der Waals surface area contributed by atoms with Crippen LogP contribution < -0.4 is 11.1 Å². The third-order valence-corrected chi connectivity index (χ3v) is 3.57. The van der Waals surface area contributed by atoms with Crippen LogP contribution in [0.5, 0.6) is 0 Å². The van der Waals surface area contributed by atoms with Gasteiger partial charge in [-0.1, -0.05) is 13.8 Å². The maximum absolute atomic E-state index is 11.1. The normalized spacial score (nSPS) is 23.9. The van der Waals surface area contributed by atoms with E-state index in [9.17, 15) is 9.59 Å². The predicted octanol–water partition coefficient (Wildman–Crippen LogP) is 0.273. The van der Waals surface area contributed by atoms with Gasteiger partial charge in [-0.15, -0.1) is 0 Å². The van der Waals surface area contributed by atoms with Gasteiger partial charge in [0.15, 0.2) is 0 Å². The van der Waals surface area contributed by atoms with Crippen molar-refractivity contribution in [1.82, 2.24) is 10.2 Å². The molecule has 1 fully saturated rings. The van der Waals surface area contributed by atoms with Crippen LogP contribution in [-0.4, -0.2) is 54.1 Å². The number of hydrogen-bond acceptors (Lipinski definition) is 4. The molecule has 0 aromatic carbocycles. The Labute approximate surface area is 120 Å².